The van der Waals surface area contributed by atoms with E-state index in [0.29, 0.717) is 5.75 Å². The minimum absolute atomic E-state index is 0.261. The molecular weight excluding hydrogens is 240 g/mol. The second-order valence-corrected chi connectivity index (χ2v) is 4.47. The molecule has 0 atom stereocenters. The zero-order chi connectivity index (χ0) is 14.0. The number of ether oxygens (including phenoxy) is 1. The topological polar surface area (TPSA) is 46.5 Å². The Morgan fingerprint density at radius 1 is 1.11 bits per heavy atom. The molecule has 2 aromatic carbocycles. The van der Waals surface area contributed by atoms with Crippen LogP contribution < -0.4 is 4.74 Å². The van der Waals surface area contributed by atoms with Crippen molar-refractivity contribution in [3.63, 3.8) is 0 Å². The Labute approximate surface area is 112 Å². The van der Waals surface area contributed by atoms with E-state index >= 15 is 0 Å². The maximum absolute atomic E-state index is 11.1. The van der Waals surface area contributed by atoms with Crippen molar-refractivity contribution < 1.29 is 14.6 Å². The van der Waals surface area contributed by atoms with Gasteiger partial charge in [-0.3, -0.25) is 0 Å². The highest BCUT2D eigenvalue weighted by Gasteiger charge is 2.13. The number of aryl methyl sites for hydroxylation is 1. The van der Waals surface area contributed by atoms with E-state index in [2.05, 4.69) is 0 Å². The molecule has 0 spiro atoms. The first-order chi connectivity index (χ1) is 9.04. The summed E-state index contributed by atoms with van der Waals surface area (Å²) in [6.45, 7) is 4.06. The maximum Gasteiger partial charge on any atom is 0.335 e. The van der Waals surface area contributed by atoms with Gasteiger partial charge in [-0.1, -0.05) is 18.2 Å². The highest BCUT2D eigenvalue weighted by atomic mass is 16.5. The Hall–Kier alpha value is -2.29. The van der Waals surface area contributed by atoms with E-state index in [4.69, 9.17) is 9.84 Å². The number of carbonyl (C=O) groups is 1. The molecule has 0 unspecified atom stereocenters. The van der Waals surface area contributed by atoms with Gasteiger partial charge in [-0.15, -0.1) is 0 Å². The Balaban J connectivity index is 2.68. The van der Waals surface area contributed by atoms with Crippen LogP contribution in [0.15, 0.2) is 36.4 Å². The predicted octanol–water partition coefficient (Wildman–Crippen LogP) is 3.68. The molecule has 0 heterocycles. The lowest BCUT2D eigenvalue weighted by atomic mass is 9.95. The number of hydrogen-bond donors (Lipinski definition) is 1. The van der Waals surface area contributed by atoms with Crippen molar-refractivity contribution in [2.75, 3.05) is 7.11 Å². The normalized spacial score (nSPS) is 10.3. The Bertz CT molecular complexity index is 630. The first-order valence-corrected chi connectivity index (χ1v) is 6.02. The quantitative estimate of drug-likeness (QED) is 0.911. The molecule has 19 heavy (non-hydrogen) atoms. The van der Waals surface area contributed by atoms with Crippen LogP contribution in [0.2, 0.25) is 0 Å². The molecule has 2 aromatic rings. The van der Waals surface area contributed by atoms with Gasteiger partial charge in [0.15, 0.2) is 0 Å². The van der Waals surface area contributed by atoms with Gasteiger partial charge in [0.05, 0.1) is 12.7 Å². The fourth-order valence-electron chi connectivity index (χ4n) is 2.09. The van der Waals surface area contributed by atoms with Gasteiger partial charge in [-0.05, 0) is 48.7 Å². The van der Waals surface area contributed by atoms with Crippen LogP contribution in [0.1, 0.15) is 21.5 Å². The van der Waals surface area contributed by atoms with Gasteiger partial charge in [-0.25, -0.2) is 4.79 Å². The summed E-state index contributed by atoms with van der Waals surface area (Å²) in [5.41, 5.74) is 4.36. The first kappa shape index (κ1) is 13.1. The summed E-state index contributed by atoms with van der Waals surface area (Å²) < 4.78 is 5.34. The van der Waals surface area contributed by atoms with Crippen LogP contribution in [-0.4, -0.2) is 18.2 Å². The van der Waals surface area contributed by atoms with Gasteiger partial charge in [0, 0.05) is 5.56 Å². The Morgan fingerprint density at radius 2 is 1.84 bits per heavy atom. The smallest absolute Gasteiger partial charge is 0.335 e. The predicted molar refractivity (Wildman–Crippen MR) is 74.9 cm³/mol. The fourth-order valence-corrected chi connectivity index (χ4v) is 2.09. The van der Waals surface area contributed by atoms with Crippen LogP contribution >= 0.6 is 0 Å². The van der Waals surface area contributed by atoms with Crippen LogP contribution in [0.4, 0.5) is 0 Å². The number of benzene rings is 2. The average molecular weight is 256 g/mol. The molecule has 0 aliphatic rings. The molecule has 0 bridgehead atoms. The lowest BCUT2D eigenvalue weighted by Gasteiger charge is -2.13. The second-order valence-electron chi connectivity index (χ2n) is 4.47. The van der Waals surface area contributed by atoms with E-state index in [-0.39, 0.29) is 5.56 Å². The van der Waals surface area contributed by atoms with E-state index < -0.39 is 5.97 Å². The second kappa shape index (κ2) is 5.14. The molecule has 2 rings (SSSR count). The largest absolute Gasteiger partial charge is 0.496 e. The van der Waals surface area contributed by atoms with E-state index in [9.17, 15) is 4.79 Å². The molecule has 3 heteroatoms. The van der Waals surface area contributed by atoms with Gasteiger partial charge in [0.2, 0.25) is 0 Å². The Morgan fingerprint density at radius 3 is 2.47 bits per heavy atom. The van der Waals surface area contributed by atoms with E-state index in [0.717, 1.165) is 16.7 Å². The average Bonchev–Trinajstić information content (AvgIpc) is 2.41. The zero-order valence-corrected chi connectivity index (χ0v) is 11.2. The van der Waals surface area contributed by atoms with Crippen molar-refractivity contribution in [1.82, 2.24) is 0 Å². The van der Waals surface area contributed by atoms with E-state index in [1.165, 1.54) is 5.56 Å². The minimum atomic E-state index is -0.936. The highest BCUT2D eigenvalue weighted by Crippen LogP contribution is 2.34. The van der Waals surface area contributed by atoms with Crippen molar-refractivity contribution in [3.8, 4) is 16.9 Å². The van der Waals surface area contributed by atoms with Crippen LogP contribution in [0, 0.1) is 13.8 Å². The summed E-state index contributed by atoms with van der Waals surface area (Å²) in [7, 11) is 1.59. The summed E-state index contributed by atoms with van der Waals surface area (Å²) in [5.74, 6) is -0.257. The first-order valence-electron chi connectivity index (χ1n) is 6.02. The molecule has 0 radical (unpaired) electrons. The summed E-state index contributed by atoms with van der Waals surface area (Å²) in [6.07, 6.45) is 0. The third-order valence-electron chi connectivity index (χ3n) is 3.34. The molecule has 98 valence electrons. The van der Waals surface area contributed by atoms with Crippen molar-refractivity contribution in [2.24, 2.45) is 0 Å². The summed E-state index contributed by atoms with van der Waals surface area (Å²) >= 11 is 0. The van der Waals surface area contributed by atoms with Crippen molar-refractivity contribution in [2.45, 2.75) is 13.8 Å². The fraction of sp³-hybridized carbons (Fsp3) is 0.188. The van der Waals surface area contributed by atoms with Gasteiger partial charge in [0.1, 0.15) is 5.75 Å². The lowest BCUT2D eigenvalue weighted by molar-refractivity contribution is 0.0697. The molecule has 0 aliphatic heterocycles. The number of methoxy groups -OCH3 is 1. The summed E-state index contributed by atoms with van der Waals surface area (Å²) in [6, 6.07) is 10.9. The monoisotopic (exact) mass is 256 g/mol. The number of hydrogen-bond acceptors (Lipinski definition) is 2. The number of aromatic carboxylic acids is 1. The third kappa shape index (κ3) is 2.45. The zero-order valence-electron chi connectivity index (χ0n) is 11.2. The van der Waals surface area contributed by atoms with Gasteiger partial charge in [-0.2, -0.15) is 0 Å². The van der Waals surface area contributed by atoms with Gasteiger partial charge < -0.3 is 9.84 Å². The van der Waals surface area contributed by atoms with Gasteiger partial charge in [0.25, 0.3) is 0 Å². The van der Waals surface area contributed by atoms with Gasteiger partial charge >= 0.3 is 5.97 Å². The molecule has 0 amide bonds. The molecule has 3 nitrogen and oxygen atoms in total. The van der Waals surface area contributed by atoms with Crippen LogP contribution in [0.25, 0.3) is 11.1 Å². The molecule has 1 N–H and O–H groups in total. The van der Waals surface area contributed by atoms with Crippen LogP contribution in [0.5, 0.6) is 5.75 Å². The third-order valence-corrected chi connectivity index (χ3v) is 3.34. The molecule has 0 saturated carbocycles. The summed E-state index contributed by atoms with van der Waals surface area (Å²) in [4.78, 5) is 11.1. The number of carboxylic acids is 1. The standard InChI is InChI=1S/C16H16O3/c1-10-5-4-6-13(11(10)2)14-9-12(16(17)18)7-8-15(14)19-3/h4-9H,1-3H3,(H,17,18). The van der Waals surface area contributed by atoms with Crippen LogP contribution in [0.3, 0.4) is 0 Å². The molecule has 0 fully saturated rings. The maximum atomic E-state index is 11.1. The minimum Gasteiger partial charge on any atom is -0.496 e. The van der Waals surface area contributed by atoms with Crippen LogP contribution in [-0.2, 0) is 0 Å². The number of carboxylic acid groups (broad SMARTS) is 1. The molecule has 0 aliphatic carbocycles. The van der Waals surface area contributed by atoms with E-state index in [1.807, 2.05) is 32.0 Å². The Kier molecular flexibility index (Phi) is 3.56. The molecule has 0 aromatic heterocycles. The summed E-state index contributed by atoms with van der Waals surface area (Å²) in [5, 5.41) is 9.10. The highest BCUT2D eigenvalue weighted by molar-refractivity contribution is 5.90. The van der Waals surface area contributed by atoms with Crippen molar-refractivity contribution >= 4 is 5.97 Å². The van der Waals surface area contributed by atoms with E-state index in [1.54, 1.807) is 25.3 Å². The molecular formula is C16H16O3. The van der Waals surface area contributed by atoms with Crippen molar-refractivity contribution in [1.29, 1.82) is 0 Å². The SMILES string of the molecule is COc1ccc(C(=O)O)cc1-c1cccc(C)c1C. The number of rotatable bonds is 3. The lowest BCUT2D eigenvalue weighted by Crippen LogP contribution is -1.99. The molecule has 0 saturated heterocycles. The van der Waals surface area contributed by atoms with Crippen molar-refractivity contribution in [3.05, 3.63) is 53.1 Å².